The van der Waals surface area contributed by atoms with Crippen molar-refractivity contribution in [1.29, 1.82) is 0 Å². The van der Waals surface area contributed by atoms with Crippen LogP contribution in [0.3, 0.4) is 0 Å². The predicted octanol–water partition coefficient (Wildman–Crippen LogP) is 3.38. The van der Waals surface area contributed by atoms with E-state index in [-0.39, 0.29) is 35.4 Å². The minimum atomic E-state index is -4.36. The van der Waals surface area contributed by atoms with Gasteiger partial charge in [0, 0.05) is 11.6 Å². The van der Waals surface area contributed by atoms with E-state index in [1.165, 1.54) is 12.1 Å². The summed E-state index contributed by atoms with van der Waals surface area (Å²) in [7, 11) is 0. The van der Waals surface area contributed by atoms with Crippen LogP contribution in [0.1, 0.15) is 19.3 Å². The fourth-order valence-corrected chi connectivity index (χ4v) is 3.22. The highest BCUT2D eigenvalue weighted by Gasteiger charge is 2.57. The number of nitrogens with one attached hydrogen (secondary N) is 2. The van der Waals surface area contributed by atoms with Crippen molar-refractivity contribution in [3.63, 3.8) is 0 Å². The van der Waals surface area contributed by atoms with E-state index in [0.29, 0.717) is 5.69 Å². The molecule has 1 heterocycles. The molecular weight excluding hydrogens is 345 g/mol. The topological polar surface area (TPSA) is 50.4 Å². The molecule has 24 heavy (non-hydrogen) atoms. The molecule has 8 heteroatoms. The van der Waals surface area contributed by atoms with E-state index in [9.17, 15) is 18.0 Å². The highest BCUT2D eigenvalue weighted by atomic mass is 35.5. The molecule has 1 aliphatic heterocycles. The Hall–Kier alpha value is -1.47. The zero-order chi connectivity index (χ0) is 16.5. The summed E-state index contributed by atoms with van der Waals surface area (Å²) in [6.45, 7) is 0.585. The van der Waals surface area contributed by atoms with Crippen LogP contribution in [0.5, 0.6) is 5.75 Å². The number of anilines is 1. The third-order valence-corrected chi connectivity index (χ3v) is 4.63. The van der Waals surface area contributed by atoms with Crippen molar-refractivity contribution in [1.82, 2.24) is 5.32 Å². The number of benzene rings is 1. The second kappa shape index (κ2) is 7.19. The maximum absolute atomic E-state index is 12.3. The zero-order valence-corrected chi connectivity index (χ0v) is 13.8. The van der Waals surface area contributed by atoms with Crippen molar-refractivity contribution in [3.05, 3.63) is 24.3 Å². The van der Waals surface area contributed by atoms with Crippen LogP contribution >= 0.6 is 12.4 Å². The lowest BCUT2D eigenvalue weighted by Crippen LogP contribution is -2.31. The van der Waals surface area contributed by atoms with Gasteiger partial charge in [0.15, 0.2) is 6.61 Å². The standard InChI is InChI=1S/C16H19F3N2O2.ClH/c17-16(18,19)10-23-12-3-1-11(2-4-12)21-14(22)13-9-15(13)5-7-20-8-6-15;/h1-4,13,20H,5-10H2,(H,21,22);1H. The smallest absolute Gasteiger partial charge is 0.422 e. The van der Waals surface area contributed by atoms with Gasteiger partial charge in [0.25, 0.3) is 0 Å². The molecule has 2 aliphatic rings. The molecule has 2 N–H and O–H groups in total. The molecule has 1 aromatic carbocycles. The molecule has 1 spiro atoms. The average Bonchev–Trinajstić information content (AvgIpc) is 3.20. The van der Waals surface area contributed by atoms with Gasteiger partial charge in [0.1, 0.15) is 5.75 Å². The second-order valence-corrected chi connectivity index (χ2v) is 6.29. The van der Waals surface area contributed by atoms with Crippen LogP contribution in [0.4, 0.5) is 18.9 Å². The van der Waals surface area contributed by atoms with E-state index in [1.807, 2.05) is 0 Å². The van der Waals surface area contributed by atoms with Crippen LogP contribution in [0.15, 0.2) is 24.3 Å². The Morgan fingerprint density at radius 2 is 1.88 bits per heavy atom. The van der Waals surface area contributed by atoms with Crippen molar-refractivity contribution in [2.45, 2.75) is 25.4 Å². The van der Waals surface area contributed by atoms with E-state index >= 15 is 0 Å². The Kier molecular flexibility index (Phi) is 5.65. The maximum Gasteiger partial charge on any atom is 0.422 e. The number of alkyl halides is 3. The summed E-state index contributed by atoms with van der Waals surface area (Å²) in [6, 6.07) is 5.96. The molecule has 134 valence electrons. The number of hydrogen-bond acceptors (Lipinski definition) is 3. The molecule has 0 aromatic heterocycles. The summed E-state index contributed by atoms with van der Waals surface area (Å²) in [6.07, 6.45) is -1.39. The van der Waals surface area contributed by atoms with Gasteiger partial charge in [0.2, 0.25) is 5.91 Å². The minimum Gasteiger partial charge on any atom is -0.484 e. The molecule has 1 amide bonds. The molecule has 3 rings (SSSR count). The number of hydrogen-bond donors (Lipinski definition) is 2. The third-order valence-electron chi connectivity index (χ3n) is 4.63. The number of halogens is 4. The van der Waals surface area contributed by atoms with Crippen molar-refractivity contribution in [2.75, 3.05) is 25.0 Å². The lowest BCUT2D eigenvalue weighted by molar-refractivity contribution is -0.153. The quantitative estimate of drug-likeness (QED) is 0.861. The third kappa shape index (κ3) is 4.54. The van der Waals surface area contributed by atoms with E-state index in [0.717, 1.165) is 32.4 Å². The lowest BCUT2D eigenvalue weighted by atomic mass is 9.92. The van der Waals surface area contributed by atoms with E-state index in [2.05, 4.69) is 15.4 Å². The van der Waals surface area contributed by atoms with Gasteiger partial charge in [-0.2, -0.15) is 13.2 Å². The van der Waals surface area contributed by atoms with Crippen LogP contribution in [-0.4, -0.2) is 31.8 Å². The summed E-state index contributed by atoms with van der Waals surface area (Å²) in [5, 5.41) is 6.13. The van der Waals surface area contributed by atoms with Crippen molar-refractivity contribution < 1.29 is 22.7 Å². The number of amides is 1. The van der Waals surface area contributed by atoms with Gasteiger partial charge >= 0.3 is 6.18 Å². The highest BCUT2D eigenvalue weighted by Crippen LogP contribution is 2.58. The molecule has 1 saturated heterocycles. The molecule has 2 fully saturated rings. The number of carbonyl (C=O) groups excluding carboxylic acids is 1. The van der Waals surface area contributed by atoms with Gasteiger partial charge in [-0.15, -0.1) is 12.4 Å². The molecule has 0 radical (unpaired) electrons. The van der Waals surface area contributed by atoms with Crippen LogP contribution in [0, 0.1) is 11.3 Å². The first-order valence-electron chi connectivity index (χ1n) is 7.69. The zero-order valence-electron chi connectivity index (χ0n) is 13.0. The monoisotopic (exact) mass is 364 g/mol. The Bertz CT molecular complexity index is 572. The number of ether oxygens (including phenoxy) is 1. The van der Waals surface area contributed by atoms with Gasteiger partial charge < -0.3 is 15.4 Å². The molecule has 4 nitrogen and oxygen atoms in total. The summed E-state index contributed by atoms with van der Waals surface area (Å²) in [5.41, 5.74) is 0.732. The molecule has 1 atom stereocenters. The molecule has 1 saturated carbocycles. The number of piperidine rings is 1. The normalized spacial score (nSPS) is 21.7. The van der Waals surface area contributed by atoms with Gasteiger partial charge in [-0.3, -0.25) is 4.79 Å². The van der Waals surface area contributed by atoms with Crippen LogP contribution in [0.2, 0.25) is 0 Å². The fourth-order valence-electron chi connectivity index (χ4n) is 3.22. The molecule has 1 unspecified atom stereocenters. The molecule has 1 aliphatic carbocycles. The van der Waals surface area contributed by atoms with Crippen molar-refractivity contribution in [2.24, 2.45) is 11.3 Å². The fraction of sp³-hybridized carbons (Fsp3) is 0.562. The highest BCUT2D eigenvalue weighted by molar-refractivity contribution is 5.95. The Morgan fingerprint density at radius 1 is 1.25 bits per heavy atom. The van der Waals surface area contributed by atoms with Gasteiger partial charge in [-0.1, -0.05) is 0 Å². The summed E-state index contributed by atoms with van der Waals surface area (Å²) < 4.78 is 40.9. The van der Waals surface area contributed by atoms with Gasteiger partial charge in [0.05, 0.1) is 0 Å². The Balaban J connectivity index is 0.00000208. The molecular formula is C16H20ClF3N2O2. The van der Waals surface area contributed by atoms with Gasteiger partial charge in [-0.25, -0.2) is 0 Å². The first kappa shape index (κ1) is 18.9. The van der Waals surface area contributed by atoms with Crippen LogP contribution < -0.4 is 15.4 Å². The predicted molar refractivity (Wildman–Crippen MR) is 86.5 cm³/mol. The number of carbonyl (C=O) groups is 1. The Labute approximate surface area is 144 Å². The van der Waals surface area contributed by atoms with Crippen molar-refractivity contribution >= 4 is 24.0 Å². The Morgan fingerprint density at radius 3 is 2.46 bits per heavy atom. The molecule has 0 bridgehead atoms. The molecule has 1 aromatic rings. The summed E-state index contributed by atoms with van der Waals surface area (Å²) >= 11 is 0. The van der Waals surface area contributed by atoms with E-state index in [4.69, 9.17) is 0 Å². The average molecular weight is 365 g/mol. The van der Waals surface area contributed by atoms with Crippen LogP contribution in [-0.2, 0) is 4.79 Å². The second-order valence-electron chi connectivity index (χ2n) is 6.29. The first-order valence-corrected chi connectivity index (χ1v) is 7.69. The maximum atomic E-state index is 12.3. The van der Waals surface area contributed by atoms with E-state index in [1.54, 1.807) is 12.1 Å². The SMILES string of the molecule is Cl.O=C(Nc1ccc(OCC(F)(F)F)cc1)C1CC12CCNCC2. The lowest BCUT2D eigenvalue weighted by Gasteiger charge is -2.23. The van der Waals surface area contributed by atoms with E-state index < -0.39 is 12.8 Å². The first-order chi connectivity index (χ1) is 10.9. The van der Waals surface area contributed by atoms with Crippen molar-refractivity contribution in [3.8, 4) is 5.75 Å². The summed E-state index contributed by atoms with van der Waals surface area (Å²) in [5.74, 6) is 0.170. The van der Waals surface area contributed by atoms with Crippen LogP contribution in [0.25, 0.3) is 0 Å². The summed E-state index contributed by atoms with van der Waals surface area (Å²) in [4.78, 5) is 12.3. The van der Waals surface area contributed by atoms with Gasteiger partial charge in [-0.05, 0) is 62.0 Å². The minimum absolute atomic E-state index is 0. The largest absolute Gasteiger partial charge is 0.484 e. The number of rotatable bonds is 4.